The summed E-state index contributed by atoms with van der Waals surface area (Å²) in [5, 5.41) is 99.5. The van der Waals surface area contributed by atoms with E-state index in [0.717, 1.165) is 111 Å². The number of aromatic hydroxyl groups is 2. The van der Waals surface area contributed by atoms with Gasteiger partial charge in [0.15, 0.2) is 40.1 Å². The molecule has 764 valence electrons. The van der Waals surface area contributed by atoms with E-state index in [1.54, 1.807) is 108 Å². The highest BCUT2D eigenvalue weighted by molar-refractivity contribution is 8.25. The first kappa shape index (κ1) is 111. The van der Waals surface area contributed by atoms with Crippen LogP contribution in [-0.2, 0) is 85.9 Å². The molecule has 14 heterocycles. The highest BCUT2D eigenvalue weighted by Gasteiger charge is 2.51. The number of thiocarbonyl (C=S) groups is 7. The van der Waals surface area contributed by atoms with Crippen molar-refractivity contribution < 1.29 is 46.0 Å². The summed E-state index contributed by atoms with van der Waals surface area (Å²) in [5.74, 6) is 3.67. The number of aliphatic hydroxyl groups is 7. The molecule has 149 heavy (non-hydrogen) atoms. The minimum atomic E-state index is -1.40. The van der Waals surface area contributed by atoms with E-state index < -0.39 is 40.1 Å². The van der Waals surface area contributed by atoms with Gasteiger partial charge in [-0.15, -0.1) is 0 Å². The Morgan fingerprint density at radius 1 is 0.282 bits per heavy atom. The maximum atomic E-state index is 11.4. The molecule has 10 N–H and O–H groups in total. The third-order valence-electron chi connectivity index (χ3n) is 25.6. The minimum absolute atomic E-state index is 0.00612. The normalized spacial score (nSPS) is 21.7. The number of fused-ring (bicyclic) bond motifs is 1. The number of hydrogen-bond donors (Lipinski definition) is 10. The number of phenolic OH excluding ortho intramolecular Hbond substituents is 2. The van der Waals surface area contributed by atoms with E-state index in [2.05, 4.69) is 77.4 Å². The standard InChI is InChI=1S/C18H16N2OS2.C17H18N2OS2.C16H16N2OS2.C15H13ClN2O2S2.C15H14N2O2S2.2C15H14N2OS2/c21-18(15-4-2-1-3-5-15)12-23-17(22)20(18)11-13-6-7-16-14(10-13)8-9-19-16;1-12-5-6-13(2)15(8-12)17(20)11-22-16(21)19(17)10-14-4-3-7-18-9-14;1-12-5-2-3-7-14(12)16(19)11-21-15(20)18(16)10-13-6-4-8-17-9-13;16-11-3-4-13(19)12(6-11)15(20)9-22-14(21)18(15)8-10-2-1-5-17-7-10;18-13-5-1-4-12(7-13)15(19)10-21-14(20)17(15)9-11-3-2-6-16-8-11;18-15(13-6-2-1-3-7-13)11-20-14(19)17(15)10-12-5-4-8-16-9-12;18-15(13-4-2-1-3-5-13)11-20-14(19)17(15)10-12-6-8-16-9-7-12/h1-10,19,21H,11-12H2;3-9,20H,10-11H2,1-2H3;2-9,19H,10-11H2,1H3;1-7,19-20H,8-9H2;1-8,18-19H,9-10H2;2*1-9,18H,10-11H2. The molecule has 0 saturated carbocycles. The first-order valence-corrected chi connectivity index (χ1v) is 57.1. The first-order valence-electron chi connectivity index (χ1n) is 46.9. The number of aromatic amines is 1. The van der Waals surface area contributed by atoms with Crippen LogP contribution in [-0.4, -0.2) is 186 Å². The number of aromatic nitrogens is 7. The Morgan fingerprint density at radius 3 is 1.00 bits per heavy atom. The molecule has 38 heteroatoms. The van der Waals surface area contributed by atoms with Crippen molar-refractivity contribution in [1.82, 2.24) is 69.2 Å². The molecule has 0 spiro atoms. The second-order valence-corrected chi connectivity index (χ2v) is 47.4. The Balaban J connectivity index is 0.000000124. The van der Waals surface area contributed by atoms with Gasteiger partial charge in [0.25, 0.3) is 0 Å². The number of pyridine rings is 6. The first-order chi connectivity index (χ1) is 71.8. The van der Waals surface area contributed by atoms with Crippen LogP contribution in [0.4, 0.5) is 0 Å². The van der Waals surface area contributed by atoms with Crippen LogP contribution in [0.3, 0.4) is 0 Å². The van der Waals surface area contributed by atoms with E-state index in [1.807, 2.05) is 252 Å². The lowest BCUT2D eigenvalue weighted by atomic mass is 9.95. The van der Waals surface area contributed by atoms with Gasteiger partial charge in [-0.2, -0.15) is 0 Å². The number of rotatable bonds is 21. The molecule has 22 rings (SSSR count). The number of aryl methyl sites for hydroxylation is 3. The van der Waals surface area contributed by atoms with Crippen LogP contribution < -0.4 is 0 Å². The molecule has 7 saturated heterocycles. The lowest BCUT2D eigenvalue weighted by Crippen LogP contribution is -2.44. The van der Waals surface area contributed by atoms with Crippen LogP contribution in [0.2, 0.25) is 5.02 Å². The van der Waals surface area contributed by atoms with Crippen molar-refractivity contribution >= 4 is 221 Å². The monoisotopic (exact) mass is 2260 g/mol. The van der Waals surface area contributed by atoms with Gasteiger partial charge in [0.2, 0.25) is 0 Å². The summed E-state index contributed by atoms with van der Waals surface area (Å²) in [7, 11) is 0. The second kappa shape index (κ2) is 50.4. The third-order valence-corrected chi connectivity index (χ3v) is 37.0. The van der Waals surface area contributed by atoms with Crippen LogP contribution in [0.5, 0.6) is 11.5 Å². The average Bonchev–Trinajstić information content (AvgIpc) is 1.64. The Labute approximate surface area is 938 Å². The number of halogens is 1. The maximum Gasteiger partial charge on any atom is 0.179 e. The molecule has 7 atom stereocenters. The summed E-state index contributed by atoms with van der Waals surface area (Å²) in [4.78, 5) is 40.7. The zero-order valence-electron chi connectivity index (χ0n) is 80.8. The van der Waals surface area contributed by atoms with Gasteiger partial charge in [-0.1, -0.05) is 367 Å². The van der Waals surface area contributed by atoms with Crippen LogP contribution in [0.1, 0.15) is 94.6 Å². The van der Waals surface area contributed by atoms with Crippen molar-refractivity contribution in [3.63, 3.8) is 0 Å². The Bertz CT molecular complexity index is 6960. The fourth-order valence-electron chi connectivity index (χ4n) is 17.6. The minimum Gasteiger partial charge on any atom is -0.508 e. The van der Waals surface area contributed by atoms with Crippen molar-refractivity contribution in [2.24, 2.45) is 0 Å². The molecular weight excluding hydrogens is 2160 g/mol. The van der Waals surface area contributed by atoms with Gasteiger partial charge in [-0.05, 0) is 167 Å². The number of nitrogens with one attached hydrogen (secondary N) is 1. The highest BCUT2D eigenvalue weighted by atomic mass is 35.5. The lowest BCUT2D eigenvalue weighted by molar-refractivity contribution is -0.0526. The summed E-state index contributed by atoms with van der Waals surface area (Å²) in [6.45, 7) is 9.83. The van der Waals surface area contributed by atoms with Crippen LogP contribution in [0.15, 0.2) is 354 Å². The summed E-state index contributed by atoms with van der Waals surface area (Å²) in [6, 6.07) is 86.0. The van der Waals surface area contributed by atoms with Gasteiger partial charge < -0.3 is 85.2 Å². The predicted octanol–water partition coefficient (Wildman–Crippen LogP) is 21.4. The van der Waals surface area contributed by atoms with Gasteiger partial charge in [0.05, 0.1) is 40.3 Å². The number of hydrogen-bond acceptors (Lipinski definition) is 29. The molecule has 23 nitrogen and oxygen atoms in total. The predicted molar refractivity (Wildman–Crippen MR) is 633 cm³/mol. The Morgan fingerprint density at radius 2 is 0.617 bits per heavy atom. The molecule has 7 unspecified atom stereocenters. The Hall–Kier alpha value is -10.5. The summed E-state index contributed by atoms with van der Waals surface area (Å²) in [5.41, 5.74) is 9.26. The third kappa shape index (κ3) is 26.4. The van der Waals surface area contributed by atoms with Crippen molar-refractivity contribution in [2.45, 2.75) is 107 Å². The van der Waals surface area contributed by atoms with Gasteiger partial charge >= 0.3 is 0 Å². The van der Waals surface area contributed by atoms with E-state index in [4.69, 9.17) is 97.1 Å². The molecule has 0 bridgehead atoms. The van der Waals surface area contributed by atoms with E-state index in [1.165, 1.54) is 93.8 Å². The molecule has 0 aliphatic carbocycles. The molecule has 8 aromatic carbocycles. The topological polar surface area (TPSA) is 298 Å². The van der Waals surface area contributed by atoms with E-state index in [0.29, 0.717) is 111 Å². The average molecular weight is 2260 g/mol. The van der Waals surface area contributed by atoms with E-state index in [9.17, 15) is 46.0 Å². The molecule has 7 fully saturated rings. The zero-order chi connectivity index (χ0) is 105. The van der Waals surface area contributed by atoms with E-state index >= 15 is 0 Å². The van der Waals surface area contributed by atoms with Gasteiger partial charge in [-0.25, -0.2) is 0 Å². The fourth-order valence-corrected chi connectivity index (χ4v) is 27.6. The zero-order valence-corrected chi connectivity index (χ0v) is 93.0. The van der Waals surface area contributed by atoms with Crippen LogP contribution >= 0.6 is 179 Å². The molecular formula is C111H105ClN14O9S14. The molecule has 0 radical (unpaired) electrons. The van der Waals surface area contributed by atoms with Crippen molar-refractivity contribution in [3.05, 3.63) is 453 Å². The highest BCUT2D eigenvalue weighted by Crippen LogP contribution is 2.50. The summed E-state index contributed by atoms with van der Waals surface area (Å²) < 4.78 is 4.87. The quantitative estimate of drug-likeness (QED) is 0.0299. The Kier molecular flexibility index (Phi) is 37.6. The maximum absolute atomic E-state index is 11.4. The van der Waals surface area contributed by atoms with Gasteiger partial charge in [0, 0.05) is 176 Å². The molecule has 15 aromatic rings. The molecule has 7 aromatic heterocycles. The summed E-state index contributed by atoms with van der Waals surface area (Å²) >= 11 is 54.4. The number of phenols is 2. The summed E-state index contributed by atoms with van der Waals surface area (Å²) in [6.07, 6.45) is 23.0. The number of thioether (sulfide) groups is 7. The van der Waals surface area contributed by atoms with E-state index in [-0.39, 0.29) is 11.5 Å². The lowest BCUT2D eigenvalue weighted by Gasteiger charge is -2.35. The van der Waals surface area contributed by atoms with Crippen molar-refractivity contribution in [1.29, 1.82) is 0 Å². The fraction of sp³-hybridized carbons (Fsp3) is 0.216. The second-order valence-electron chi connectivity index (χ2n) is 35.7. The van der Waals surface area contributed by atoms with Crippen molar-refractivity contribution in [2.75, 3.05) is 40.3 Å². The van der Waals surface area contributed by atoms with Crippen LogP contribution in [0, 0.1) is 20.8 Å². The number of nitrogens with zero attached hydrogens (tertiary/aromatic N) is 13. The molecule has 0 amide bonds. The van der Waals surface area contributed by atoms with Crippen molar-refractivity contribution in [3.8, 4) is 11.5 Å². The molecule has 7 aliphatic heterocycles. The van der Waals surface area contributed by atoms with Crippen LogP contribution in [0.25, 0.3) is 10.9 Å². The largest absolute Gasteiger partial charge is 0.508 e. The number of H-pyrrole nitrogens is 1. The number of benzene rings is 8. The smallest absolute Gasteiger partial charge is 0.179 e. The van der Waals surface area contributed by atoms with Gasteiger partial charge in [-0.3, -0.25) is 29.9 Å². The SMILES string of the molecule is Cc1ccc(C)c(C2(O)CSC(=S)N2Cc2cccnc2)c1.Cc1ccccc1C1(O)CSC(=S)N1Cc1cccnc1.OC1(c2ccccc2)CSC(=S)N1Cc1ccc2[nH]ccc2c1.OC1(c2ccccc2)CSC(=S)N1Cc1cccnc1.OC1(c2ccccc2)CSC(=S)N1Cc1ccncc1.Oc1ccc(Cl)cc1C1(O)CSC(=S)N1Cc1cccnc1.Oc1cccc(C2(O)CSC(=S)N2Cc2cccnc2)c1. The van der Waals surface area contributed by atoms with Gasteiger partial charge in [0.1, 0.15) is 41.7 Å². The molecule has 7 aliphatic rings.